The van der Waals surface area contributed by atoms with Crippen LogP contribution in [-0.4, -0.2) is 18.1 Å². The van der Waals surface area contributed by atoms with Gasteiger partial charge in [-0.2, -0.15) is 0 Å². The van der Waals surface area contributed by atoms with Crippen LogP contribution in [0.4, 0.5) is 0 Å². The molecule has 1 unspecified atom stereocenters. The molecule has 1 aromatic heterocycles. The van der Waals surface area contributed by atoms with Crippen LogP contribution in [0.3, 0.4) is 0 Å². The zero-order valence-electron chi connectivity index (χ0n) is 11.2. The fourth-order valence-electron chi connectivity index (χ4n) is 1.68. The van der Waals surface area contributed by atoms with Gasteiger partial charge < -0.3 is 10.1 Å². The molecule has 1 heterocycles. The summed E-state index contributed by atoms with van der Waals surface area (Å²) in [7, 11) is 0. The lowest BCUT2D eigenvalue weighted by Gasteiger charge is -2.16. The standard InChI is InChI=1S/C14H24N2O/c1-4-9-15-13(6-3)14-8-7-12(11-16-14)17-10-5-2/h7-8,11,13,15H,4-6,9-10H2,1-3H3. The van der Waals surface area contributed by atoms with Gasteiger partial charge in [-0.05, 0) is 37.9 Å². The van der Waals surface area contributed by atoms with Crippen LogP contribution in [-0.2, 0) is 0 Å². The van der Waals surface area contributed by atoms with Gasteiger partial charge in [0.1, 0.15) is 5.75 Å². The second-order valence-electron chi connectivity index (χ2n) is 4.18. The molecule has 96 valence electrons. The van der Waals surface area contributed by atoms with E-state index in [0.29, 0.717) is 6.04 Å². The molecule has 1 rings (SSSR count). The number of aromatic nitrogens is 1. The number of nitrogens with zero attached hydrogens (tertiary/aromatic N) is 1. The quantitative estimate of drug-likeness (QED) is 0.752. The molecule has 1 N–H and O–H groups in total. The van der Waals surface area contributed by atoms with Crippen molar-refractivity contribution in [1.29, 1.82) is 0 Å². The zero-order valence-corrected chi connectivity index (χ0v) is 11.2. The van der Waals surface area contributed by atoms with Crippen molar-refractivity contribution in [2.45, 2.75) is 46.1 Å². The van der Waals surface area contributed by atoms with Gasteiger partial charge in [-0.1, -0.05) is 20.8 Å². The minimum Gasteiger partial charge on any atom is -0.492 e. The van der Waals surface area contributed by atoms with Crippen LogP contribution in [0.15, 0.2) is 18.3 Å². The largest absolute Gasteiger partial charge is 0.492 e. The van der Waals surface area contributed by atoms with Crippen molar-refractivity contribution >= 4 is 0 Å². The normalized spacial score (nSPS) is 12.4. The Morgan fingerprint density at radius 1 is 1.24 bits per heavy atom. The highest BCUT2D eigenvalue weighted by Gasteiger charge is 2.09. The second-order valence-corrected chi connectivity index (χ2v) is 4.18. The first kappa shape index (κ1) is 14.0. The van der Waals surface area contributed by atoms with Crippen LogP contribution >= 0.6 is 0 Å². The van der Waals surface area contributed by atoms with Crippen LogP contribution in [0.5, 0.6) is 5.75 Å². The molecule has 17 heavy (non-hydrogen) atoms. The fraction of sp³-hybridized carbons (Fsp3) is 0.643. The third-order valence-electron chi connectivity index (χ3n) is 2.64. The van der Waals surface area contributed by atoms with Crippen molar-refractivity contribution in [1.82, 2.24) is 10.3 Å². The summed E-state index contributed by atoms with van der Waals surface area (Å²) >= 11 is 0. The monoisotopic (exact) mass is 236 g/mol. The summed E-state index contributed by atoms with van der Waals surface area (Å²) in [6.07, 6.45) is 5.05. The maximum atomic E-state index is 5.52. The topological polar surface area (TPSA) is 34.1 Å². The third-order valence-corrected chi connectivity index (χ3v) is 2.64. The predicted molar refractivity (Wildman–Crippen MR) is 71.3 cm³/mol. The van der Waals surface area contributed by atoms with E-state index in [1.807, 2.05) is 12.3 Å². The number of hydrogen-bond acceptors (Lipinski definition) is 3. The van der Waals surface area contributed by atoms with Gasteiger partial charge in [-0.25, -0.2) is 0 Å². The lowest BCUT2D eigenvalue weighted by Crippen LogP contribution is -2.22. The Balaban J connectivity index is 2.57. The van der Waals surface area contributed by atoms with E-state index in [0.717, 1.165) is 43.9 Å². The van der Waals surface area contributed by atoms with E-state index in [9.17, 15) is 0 Å². The molecule has 0 amide bonds. The summed E-state index contributed by atoms with van der Waals surface area (Å²) in [6, 6.07) is 4.42. The van der Waals surface area contributed by atoms with E-state index in [1.54, 1.807) is 0 Å². The van der Waals surface area contributed by atoms with E-state index in [1.165, 1.54) is 0 Å². The Morgan fingerprint density at radius 2 is 2.06 bits per heavy atom. The molecule has 1 atom stereocenters. The Kier molecular flexibility index (Phi) is 6.63. The molecule has 1 aromatic rings. The summed E-state index contributed by atoms with van der Waals surface area (Å²) < 4.78 is 5.52. The van der Waals surface area contributed by atoms with Gasteiger partial charge in [0.2, 0.25) is 0 Å². The van der Waals surface area contributed by atoms with Gasteiger partial charge in [-0.3, -0.25) is 4.98 Å². The van der Waals surface area contributed by atoms with Crippen LogP contribution in [0.25, 0.3) is 0 Å². The van der Waals surface area contributed by atoms with E-state index in [4.69, 9.17) is 4.74 Å². The first-order chi connectivity index (χ1) is 8.31. The molecule has 0 aliphatic rings. The number of pyridine rings is 1. The minimum absolute atomic E-state index is 0.357. The summed E-state index contributed by atoms with van der Waals surface area (Å²) in [6.45, 7) is 8.25. The van der Waals surface area contributed by atoms with Gasteiger partial charge in [0.05, 0.1) is 18.5 Å². The summed E-state index contributed by atoms with van der Waals surface area (Å²) in [5.41, 5.74) is 1.10. The number of nitrogens with one attached hydrogen (secondary N) is 1. The molecule has 0 radical (unpaired) electrons. The smallest absolute Gasteiger partial charge is 0.137 e. The third kappa shape index (κ3) is 4.73. The van der Waals surface area contributed by atoms with Gasteiger partial charge in [-0.15, -0.1) is 0 Å². The number of hydrogen-bond donors (Lipinski definition) is 1. The second kappa shape index (κ2) is 8.07. The van der Waals surface area contributed by atoms with Gasteiger partial charge in [0, 0.05) is 6.04 Å². The first-order valence-corrected chi connectivity index (χ1v) is 6.63. The van der Waals surface area contributed by atoms with E-state index in [-0.39, 0.29) is 0 Å². The molecule has 0 saturated carbocycles. The van der Waals surface area contributed by atoms with Crippen LogP contribution in [0, 0.1) is 0 Å². The molecule has 0 aromatic carbocycles. The Morgan fingerprint density at radius 3 is 2.59 bits per heavy atom. The highest BCUT2D eigenvalue weighted by Crippen LogP contribution is 2.17. The molecular formula is C14H24N2O. The molecule has 3 nitrogen and oxygen atoms in total. The van der Waals surface area contributed by atoms with Crippen molar-refractivity contribution in [2.75, 3.05) is 13.2 Å². The number of rotatable bonds is 8. The van der Waals surface area contributed by atoms with E-state index in [2.05, 4.69) is 37.1 Å². The lowest BCUT2D eigenvalue weighted by atomic mass is 10.1. The minimum atomic E-state index is 0.357. The van der Waals surface area contributed by atoms with Gasteiger partial charge >= 0.3 is 0 Å². The van der Waals surface area contributed by atoms with Crippen LogP contribution in [0.1, 0.15) is 51.8 Å². The Hall–Kier alpha value is -1.09. The fourth-order valence-corrected chi connectivity index (χ4v) is 1.68. The molecule has 0 fully saturated rings. The first-order valence-electron chi connectivity index (χ1n) is 6.63. The molecule has 0 bridgehead atoms. The highest BCUT2D eigenvalue weighted by atomic mass is 16.5. The molecule has 3 heteroatoms. The maximum Gasteiger partial charge on any atom is 0.137 e. The molecule has 0 spiro atoms. The van der Waals surface area contributed by atoms with Gasteiger partial charge in [0.25, 0.3) is 0 Å². The molecule has 0 aliphatic carbocycles. The summed E-state index contributed by atoms with van der Waals surface area (Å²) in [4.78, 5) is 4.47. The average molecular weight is 236 g/mol. The Labute approximate surface area is 105 Å². The van der Waals surface area contributed by atoms with Gasteiger partial charge in [0.15, 0.2) is 0 Å². The number of ether oxygens (including phenoxy) is 1. The molecule has 0 aliphatic heterocycles. The Bertz CT molecular complexity index is 298. The van der Waals surface area contributed by atoms with Crippen LogP contribution < -0.4 is 10.1 Å². The lowest BCUT2D eigenvalue weighted by molar-refractivity contribution is 0.315. The maximum absolute atomic E-state index is 5.52. The molecule has 0 saturated heterocycles. The van der Waals surface area contributed by atoms with Crippen molar-refractivity contribution in [3.8, 4) is 5.75 Å². The summed E-state index contributed by atoms with van der Waals surface area (Å²) in [5, 5.41) is 3.49. The van der Waals surface area contributed by atoms with Crippen LogP contribution in [0.2, 0.25) is 0 Å². The van der Waals surface area contributed by atoms with E-state index < -0.39 is 0 Å². The van der Waals surface area contributed by atoms with E-state index >= 15 is 0 Å². The van der Waals surface area contributed by atoms with Crippen molar-refractivity contribution in [3.05, 3.63) is 24.0 Å². The predicted octanol–water partition coefficient (Wildman–Crippen LogP) is 3.32. The van der Waals surface area contributed by atoms with Crippen molar-refractivity contribution in [3.63, 3.8) is 0 Å². The average Bonchev–Trinajstić information content (AvgIpc) is 2.38. The summed E-state index contributed by atoms with van der Waals surface area (Å²) in [5.74, 6) is 0.862. The van der Waals surface area contributed by atoms with Crippen molar-refractivity contribution < 1.29 is 4.74 Å². The molecular weight excluding hydrogens is 212 g/mol. The SMILES string of the molecule is CCCNC(CC)c1ccc(OCCC)cn1. The van der Waals surface area contributed by atoms with Crippen molar-refractivity contribution in [2.24, 2.45) is 0 Å². The zero-order chi connectivity index (χ0) is 12.5. The highest BCUT2D eigenvalue weighted by molar-refractivity contribution is 5.21.